The van der Waals surface area contributed by atoms with Gasteiger partial charge in [-0.05, 0) is 38.0 Å². The topological polar surface area (TPSA) is 71.1 Å². The molecule has 2 aliphatic heterocycles. The van der Waals surface area contributed by atoms with E-state index in [0.717, 1.165) is 42.3 Å². The molecule has 1 N–H and O–H groups in total. The maximum Gasteiger partial charge on any atom is 0.254 e. The van der Waals surface area contributed by atoms with E-state index < -0.39 is 0 Å². The number of fused-ring (bicyclic) bond motifs is 1. The Kier molecular flexibility index (Phi) is 4.09. The van der Waals surface area contributed by atoms with E-state index in [-0.39, 0.29) is 11.8 Å². The van der Waals surface area contributed by atoms with E-state index in [0.29, 0.717) is 12.1 Å². The van der Waals surface area contributed by atoms with Gasteiger partial charge in [0.05, 0.1) is 6.26 Å². The van der Waals surface area contributed by atoms with Crippen molar-refractivity contribution >= 4 is 12.0 Å². The van der Waals surface area contributed by atoms with Crippen LogP contribution in [-0.4, -0.2) is 39.1 Å². The van der Waals surface area contributed by atoms with Gasteiger partial charge in [-0.2, -0.15) is 5.10 Å². The summed E-state index contributed by atoms with van der Waals surface area (Å²) in [5, 5.41) is 7.16. The van der Waals surface area contributed by atoms with Crippen molar-refractivity contribution in [3.05, 3.63) is 59.4 Å². The van der Waals surface area contributed by atoms with Crippen molar-refractivity contribution in [2.24, 2.45) is 0 Å². The van der Waals surface area contributed by atoms with Crippen LogP contribution in [0.25, 0.3) is 6.08 Å². The lowest BCUT2D eigenvalue weighted by atomic mass is 9.96. The first-order valence-corrected chi connectivity index (χ1v) is 8.53. The van der Waals surface area contributed by atoms with E-state index in [9.17, 15) is 4.79 Å². The smallest absolute Gasteiger partial charge is 0.254 e. The largest absolute Gasteiger partial charge is 0.464 e. The molecule has 1 atom stereocenters. The van der Waals surface area contributed by atoms with E-state index in [1.54, 1.807) is 12.3 Å². The number of carbonyl (C=O) groups is 1. The van der Waals surface area contributed by atoms with Gasteiger partial charge < -0.3 is 9.64 Å². The van der Waals surface area contributed by atoms with Crippen LogP contribution in [0.3, 0.4) is 0 Å². The Labute approximate surface area is 146 Å². The maximum absolute atomic E-state index is 13.0. The van der Waals surface area contributed by atoms with Crippen molar-refractivity contribution in [2.45, 2.75) is 25.7 Å². The lowest BCUT2D eigenvalue weighted by molar-refractivity contribution is -0.127. The maximum atomic E-state index is 13.0. The molecule has 0 saturated carbocycles. The molecule has 1 amide bonds. The molecule has 0 radical (unpaired) electrons. The molecular formula is C19H20N4O2. The van der Waals surface area contributed by atoms with Crippen LogP contribution in [0.5, 0.6) is 5.75 Å². The Morgan fingerprint density at radius 1 is 1.36 bits per heavy atom. The summed E-state index contributed by atoms with van der Waals surface area (Å²) < 4.78 is 5.58. The number of amides is 1. The van der Waals surface area contributed by atoms with Crippen molar-refractivity contribution in [2.75, 3.05) is 13.1 Å². The number of H-pyrrole nitrogens is 1. The second kappa shape index (κ2) is 6.55. The minimum Gasteiger partial charge on any atom is -0.464 e. The van der Waals surface area contributed by atoms with Crippen LogP contribution in [0.1, 0.15) is 36.0 Å². The first kappa shape index (κ1) is 15.6. The quantitative estimate of drug-likeness (QED) is 0.915. The average molecular weight is 336 g/mol. The number of nitrogens with one attached hydrogen (secondary N) is 1. The fraction of sp³-hybridized carbons (Fsp3) is 0.316. The summed E-state index contributed by atoms with van der Waals surface area (Å²) in [6.45, 7) is 3.29. The fourth-order valence-electron chi connectivity index (χ4n) is 3.33. The predicted octanol–water partition coefficient (Wildman–Crippen LogP) is 2.81. The molecule has 128 valence electrons. The monoisotopic (exact) mass is 336 g/mol. The Morgan fingerprint density at radius 2 is 2.24 bits per heavy atom. The Bertz CT molecular complexity index is 853. The second-order valence-electron chi connectivity index (χ2n) is 6.43. The van der Waals surface area contributed by atoms with Gasteiger partial charge in [0.15, 0.2) is 5.82 Å². The fourth-order valence-corrected chi connectivity index (χ4v) is 3.33. The highest BCUT2D eigenvalue weighted by Gasteiger charge is 2.28. The number of rotatable bonds is 2. The van der Waals surface area contributed by atoms with Crippen LogP contribution in [0.15, 0.2) is 42.2 Å². The van der Waals surface area contributed by atoms with Gasteiger partial charge in [0, 0.05) is 30.1 Å². The van der Waals surface area contributed by atoms with Gasteiger partial charge in [0.1, 0.15) is 11.6 Å². The van der Waals surface area contributed by atoms with Crippen molar-refractivity contribution in [1.82, 2.24) is 20.1 Å². The number of benzene rings is 1. The average Bonchev–Trinajstić information content (AvgIpc) is 2.96. The number of carbonyl (C=O) groups excluding carboxylic acids is 1. The molecule has 0 aliphatic carbocycles. The van der Waals surface area contributed by atoms with Gasteiger partial charge in [0.2, 0.25) is 0 Å². The van der Waals surface area contributed by atoms with Crippen LogP contribution in [0.4, 0.5) is 0 Å². The van der Waals surface area contributed by atoms with Crippen LogP contribution in [-0.2, 0) is 4.79 Å². The summed E-state index contributed by atoms with van der Waals surface area (Å²) in [5.41, 5.74) is 1.55. The molecule has 6 heteroatoms. The van der Waals surface area contributed by atoms with Crippen molar-refractivity contribution in [1.29, 1.82) is 0 Å². The molecular weight excluding hydrogens is 316 g/mol. The minimum absolute atomic E-state index is 0.0218. The Hall–Kier alpha value is -2.89. The number of aryl methyl sites for hydroxylation is 1. The normalized spacial score (nSPS) is 19.6. The molecule has 1 aromatic carbocycles. The zero-order valence-electron chi connectivity index (χ0n) is 14.1. The minimum atomic E-state index is 0.0218. The SMILES string of the molecule is Cc1nc(C2CCCN(C(=O)C3=Cc4ccccc4OC=C3)C2)n[nH]1. The summed E-state index contributed by atoms with van der Waals surface area (Å²) >= 11 is 0. The highest BCUT2D eigenvalue weighted by atomic mass is 16.5. The predicted molar refractivity (Wildman–Crippen MR) is 93.9 cm³/mol. The van der Waals surface area contributed by atoms with Crippen LogP contribution in [0, 0.1) is 6.92 Å². The molecule has 6 nitrogen and oxygen atoms in total. The summed E-state index contributed by atoms with van der Waals surface area (Å²) in [4.78, 5) is 19.3. The van der Waals surface area contributed by atoms with Crippen LogP contribution >= 0.6 is 0 Å². The van der Waals surface area contributed by atoms with Gasteiger partial charge in [-0.25, -0.2) is 4.98 Å². The molecule has 0 bridgehead atoms. The van der Waals surface area contributed by atoms with Crippen molar-refractivity contribution < 1.29 is 9.53 Å². The molecule has 3 heterocycles. The standard InChI is InChI=1S/C19H20N4O2/c1-13-20-18(22-21-13)16-6-4-9-23(12-16)19(24)15-8-10-25-17-7-3-2-5-14(17)11-15/h2-3,5,7-8,10-11,16H,4,6,9,12H2,1H3,(H,20,21,22). The Balaban J connectivity index is 1.55. The Morgan fingerprint density at radius 3 is 3.08 bits per heavy atom. The van der Waals surface area contributed by atoms with Gasteiger partial charge in [0.25, 0.3) is 5.91 Å². The van der Waals surface area contributed by atoms with Crippen molar-refractivity contribution in [3.8, 4) is 5.75 Å². The zero-order chi connectivity index (χ0) is 17.2. The number of ether oxygens (including phenoxy) is 1. The molecule has 2 aromatic rings. The molecule has 4 rings (SSSR count). The van der Waals surface area contributed by atoms with E-state index in [4.69, 9.17) is 4.74 Å². The van der Waals surface area contributed by atoms with E-state index in [1.807, 2.05) is 42.2 Å². The van der Waals surface area contributed by atoms with Crippen molar-refractivity contribution in [3.63, 3.8) is 0 Å². The second-order valence-corrected chi connectivity index (χ2v) is 6.43. The molecule has 0 spiro atoms. The number of nitrogens with zero attached hydrogens (tertiary/aromatic N) is 3. The summed E-state index contributed by atoms with van der Waals surface area (Å²) in [6.07, 6.45) is 7.16. The third-order valence-corrected chi connectivity index (χ3v) is 4.61. The highest BCUT2D eigenvalue weighted by Crippen LogP contribution is 2.28. The summed E-state index contributed by atoms with van der Waals surface area (Å²) in [5.74, 6) is 2.57. The summed E-state index contributed by atoms with van der Waals surface area (Å²) in [7, 11) is 0. The van der Waals surface area contributed by atoms with Gasteiger partial charge >= 0.3 is 0 Å². The molecule has 1 fully saturated rings. The van der Waals surface area contributed by atoms with E-state index in [1.165, 1.54) is 0 Å². The number of aromatic amines is 1. The van der Waals surface area contributed by atoms with Gasteiger partial charge in [-0.1, -0.05) is 18.2 Å². The van der Waals surface area contributed by atoms with Crippen LogP contribution < -0.4 is 4.74 Å². The number of hydrogen-bond acceptors (Lipinski definition) is 4. The lowest BCUT2D eigenvalue weighted by Gasteiger charge is -2.31. The van der Waals surface area contributed by atoms with E-state index in [2.05, 4.69) is 15.2 Å². The molecule has 1 unspecified atom stereocenters. The number of hydrogen-bond donors (Lipinski definition) is 1. The molecule has 1 saturated heterocycles. The number of likely N-dealkylation sites (tertiary alicyclic amines) is 1. The first-order valence-electron chi connectivity index (χ1n) is 8.53. The molecule has 25 heavy (non-hydrogen) atoms. The lowest BCUT2D eigenvalue weighted by Crippen LogP contribution is -2.39. The third kappa shape index (κ3) is 3.20. The summed E-state index contributed by atoms with van der Waals surface area (Å²) in [6, 6.07) is 7.70. The molecule has 2 aliphatic rings. The third-order valence-electron chi connectivity index (χ3n) is 4.61. The number of aromatic nitrogens is 3. The number of piperidine rings is 1. The van der Waals surface area contributed by atoms with E-state index >= 15 is 0 Å². The number of para-hydroxylation sites is 1. The van der Waals surface area contributed by atoms with Gasteiger partial charge in [-0.3, -0.25) is 9.89 Å². The van der Waals surface area contributed by atoms with Crippen LogP contribution in [0.2, 0.25) is 0 Å². The molecule has 1 aromatic heterocycles. The zero-order valence-corrected chi connectivity index (χ0v) is 14.1. The highest BCUT2D eigenvalue weighted by molar-refractivity contribution is 6.01. The van der Waals surface area contributed by atoms with Gasteiger partial charge in [-0.15, -0.1) is 0 Å². The first-order chi connectivity index (χ1) is 12.2.